The molecule has 0 radical (unpaired) electrons. The number of aromatic nitrogens is 2. The number of amides is 1. The Kier molecular flexibility index (Phi) is 11.1. The minimum absolute atomic E-state index is 0.0259. The number of anilines is 4. The van der Waals surface area contributed by atoms with Gasteiger partial charge in [0.05, 0.1) is 43.4 Å². The lowest BCUT2D eigenvalue weighted by molar-refractivity contribution is -0.197. The van der Waals surface area contributed by atoms with Crippen molar-refractivity contribution in [2.75, 3.05) is 38.0 Å². The molecule has 272 valence electrons. The minimum atomic E-state index is -4.84. The molecular weight excluding hydrogens is 682 g/mol. The molecule has 5 N–H and O–H groups in total. The highest BCUT2D eigenvalue weighted by molar-refractivity contribution is 7.53. The Labute approximate surface area is 287 Å². The van der Waals surface area contributed by atoms with Gasteiger partial charge in [0.15, 0.2) is 6.29 Å². The summed E-state index contributed by atoms with van der Waals surface area (Å²) in [6, 6.07) is 8.10. The first-order valence-corrected chi connectivity index (χ1v) is 17.9. The summed E-state index contributed by atoms with van der Waals surface area (Å²) in [5.41, 5.74) is -0.0818. The van der Waals surface area contributed by atoms with Gasteiger partial charge < -0.3 is 44.6 Å². The lowest BCUT2D eigenvalue weighted by Crippen LogP contribution is -2.44. The molecule has 50 heavy (non-hydrogen) atoms. The van der Waals surface area contributed by atoms with Gasteiger partial charge in [-0.25, -0.2) is 4.98 Å². The number of alkyl halides is 3. The van der Waals surface area contributed by atoms with Gasteiger partial charge in [-0.05, 0) is 80.3 Å². The van der Waals surface area contributed by atoms with E-state index in [1.165, 1.54) is 18.1 Å². The van der Waals surface area contributed by atoms with Crippen molar-refractivity contribution in [2.24, 2.45) is 0 Å². The Hall–Kier alpha value is -3.79. The summed E-state index contributed by atoms with van der Waals surface area (Å²) in [6.45, 7) is 4.02. The SMILES string of the molecule is CCOP(=O)(Cc1ccc(Nc2ncc(C(F)(F)F)c(Nc3ccc(C4CCC(O)(C(O)O)CC4)c4c3C(=O)N(C)C4)n2)c(OC)c1)OCC. The molecule has 1 aromatic heterocycles. The average molecular weight is 724 g/mol. The molecule has 3 aromatic rings. The predicted octanol–water partition coefficient (Wildman–Crippen LogP) is 6.04. The zero-order chi connectivity index (χ0) is 36.4. The van der Waals surface area contributed by atoms with Crippen molar-refractivity contribution in [3.05, 3.63) is 64.3 Å². The van der Waals surface area contributed by atoms with Crippen LogP contribution in [0.25, 0.3) is 0 Å². The van der Waals surface area contributed by atoms with E-state index >= 15 is 0 Å². The van der Waals surface area contributed by atoms with E-state index in [0.717, 1.165) is 5.56 Å². The van der Waals surface area contributed by atoms with E-state index in [1.807, 2.05) is 0 Å². The van der Waals surface area contributed by atoms with Crippen LogP contribution in [0.15, 0.2) is 36.5 Å². The largest absolute Gasteiger partial charge is 0.495 e. The number of carbonyl (C=O) groups is 1. The van der Waals surface area contributed by atoms with Crippen molar-refractivity contribution in [1.82, 2.24) is 14.9 Å². The van der Waals surface area contributed by atoms with Gasteiger partial charge in [0.25, 0.3) is 5.91 Å². The van der Waals surface area contributed by atoms with E-state index in [4.69, 9.17) is 13.8 Å². The molecule has 0 unspecified atom stereocenters. The number of ether oxygens (including phenoxy) is 1. The lowest BCUT2D eigenvalue weighted by Gasteiger charge is -2.37. The minimum Gasteiger partial charge on any atom is -0.495 e. The van der Waals surface area contributed by atoms with Gasteiger partial charge in [0, 0.05) is 19.8 Å². The van der Waals surface area contributed by atoms with Gasteiger partial charge in [-0.1, -0.05) is 12.1 Å². The van der Waals surface area contributed by atoms with E-state index < -0.39 is 37.0 Å². The smallest absolute Gasteiger partial charge is 0.421 e. The molecule has 1 aliphatic heterocycles. The molecule has 1 saturated carbocycles. The molecule has 5 rings (SSSR count). The molecule has 2 aromatic carbocycles. The molecule has 1 fully saturated rings. The summed E-state index contributed by atoms with van der Waals surface area (Å²) < 4.78 is 71.9. The third-order valence-corrected chi connectivity index (χ3v) is 11.0. The van der Waals surface area contributed by atoms with Crippen LogP contribution < -0.4 is 15.4 Å². The Morgan fingerprint density at radius 2 is 1.74 bits per heavy atom. The number of hydrogen-bond acceptors (Lipinski definition) is 12. The van der Waals surface area contributed by atoms with Crippen molar-refractivity contribution < 1.29 is 51.6 Å². The normalized spacial score (nSPS) is 19.5. The van der Waals surface area contributed by atoms with Crippen molar-refractivity contribution in [2.45, 2.75) is 76.2 Å². The standard InChI is InChI=1S/C33H41F3N5O8P/c1-5-48-50(46,49-6-2)18-19-7-9-24(26(15-19)47-4)39-31-37-16-23(33(34,35)36)28(40-31)38-25-10-8-21(22-17-41(3)29(42)27(22)25)20-11-13-32(45,14-12-20)30(43)44/h7-10,15-16,20,30,43-45H,5-6,11-14,17-18H2,1-4H3,(H2,37,38,39,40). The van der Waals surface area contributed by atoms with Gasteiger partial charge in [-0.15, -0.1) is 0 Å². The third-order valence-electron chi connectivity index (χ3n) is 8.96. The predicted molar refractivity (Wildman–Crippen MR) is 178 cm³/mol. The first-order valence-electron chi connectivity index (χ1n) is 16.1. The monoisotopic (exact) mass is 723 g/mol. The Bertz CT molecular complexity index is 1760. The van der Waals surface area contributed by atoms with Crippen LogP contribution in [0, 0.1) is 0 Å². The summed E-state index contributed by atoms with van der Waals surface area (Å²) in [7, 11) is -0.426. The second kappa shape index (κ2) is 14.8. The van der Waals surface area contributed by atoms with Crippen LogP contribution in [-0.4, -0.2) is 75.4 Å². The number of aliphatic hydroxyl groups is 3. The van der Waals surface area contributed by atoms with Crippen LogP contribution in [0.4, 0.5) is 36.3 Å². The molecular formula is C33H41F3N5O8P. The number of aliphatic hydroxyl groups excluding tert-OH is 1. The van der Waals surface area contributed by atoms with Crippen LogP contribution in [0.2, 0.25) is 0 Å². The van der Waals surface area contributed by atoms with Gasteiger partial charge >= 0.3 is 13.8 Å². The van der Waals surface area contributed by atoms with E-state index in [-0.39, 0.29) is 73.5 Å². The fourth-order valence-electron chi connectivity index (χ4n) is 6.43. The number of halogens is 3. The van der Waals surface area contributed by atoms with E-state index in [2.05, 4.69) is 20.6 Å². The van der Waals surface area contributed by atoms with Crippen LogP contribution in [0.5, 0.6) is 5.75 Å². The summed E-state index contributed by atoms with van der Waals surface area (Å²) in [5.74, 6) is -0.998. The maximum absolute atomic E-state index is 14.2. The first kappa shape index (κ1) is 37.5. The molecule has 2 heterocycles. The number of benzene rings is 2. The van der Waals surface area contributed by atoms with Gasteiger partial charge in [0.2, 0.25) is 5.95 Å². The van der Waals surface area contributed by atoms with Crippen LogP contribution in [0.3, 0.4) is 0 Å². The molecule has 0 spiro atoms. The summed E-state index contributed by atoms with van der Waals surface area (Å²) in [4.78, 5) is 22.9. The van der Waals surface area contributed by atoms with Gasteiger partial charge in [0.1, 0.15) is 22.7 Å². The number of hydrogen-bond donors (Lipinski definition) is 5. The van der Waals surface area contributed by atoms with Gasteiger partial charge in [-0.2, -0.15) is 18.2 Å². The number of nitrogens with zero attached hydrogens (tertiary/aromatic N) is 3. The number of rotatable bonds is 13. The van der Waals surface area contributed by atoms with Crippen molar-refractivity contribution >= 4 is 36.6 Å². The van der Waals surface area contributed by atoms with Crippen molar-refractivity contribution in [3.8, 4) is 5.75 Å². The second-order valence-corrected chi connectivity index (χ2v) is 14.4. The fourth-order valence-corrected chi connectivity index (χ4v) is 8.12. The maximum Gasteiger partial charge on any atom is 0.421 e. The van der Waals surface area contributed by atoms with Crippen LogP contribution >= 0.6 is 7.60 Å². The summed E-state index contributed by atoms with van der Waals surface area (Å²) in [6.07, 6.45) is -4.99. The van der Waals surface area contributed by atoms with E-state index in [0.29, 0.717) is 35.9 Å². The number of fused-ring (bicyclic) bond motifs is 1. The van der Waals surface area contributed by atoms with E-state index in [9.17, 15) is 37.9 Å². The van der Waals surface area contributed by atoms with Crippen molar-refractivity contribution in [1.29, 1.82) is 0 Å². The Balaban J connectivity index is 1.45. The summed E-state index contributed by atoms with van der Waals surface area (Å²) >= 11 is 0. The van der Waals surface area contributed by atoms with E-state index in [1.54, 1.807) is 45.2 Å². The molecule has 0 bridgehead atoms. The topological polar surface area (TPSA) is 176 Å². The Morgan fingerprint density at radius 1 is 1.08 bits per heavy atom. The van der Waals surface area contributed by atoms with Crippen LogP contribution in [-0.2, 0) is 32.5 Å². The number of carbonyl (C=O) groups excluding carboxylic acids is 1. The molecule has 0 saturated heterocycles. The van der Waals surface area contributed by atoms with Crippen molar-refractivity contribution in [3.63, 3.8) is 0 Å². The Morgan fingerprint density at radius 3 is 2.34 bits per heavy atom. The zero-order valence-electron chi connectivity index (χ0n) is 28.1. The molecule has 1 amide bonds. The highest BCUT2D eigenvalue weighted by Crippen LogP contribution is 2.52. The van der Waals surface area contributed by atoms with Gasteiger partial charge in [-0.3, -0.25) is 9.36 Å². The first-order chi connectivity index (χ1) is 23.6. The third kappa shape index (κ3) is 7.90. The highest BCUT2D eigenvalue weighted by Gasteiger charge is 2.41. The molecule has 13 nitrogen and oxygen atoms in total. The second-order valence-electron chi connectivity index (χ2n) is 12.3. The quantitative estimate of drug-likeness (QED) is 0.102. The van der Waals surface area contributed by atoms with Crippen LogP contribution in [0.1, 0.15) is 78.1 Å². The highest BCUT2D eigenvalue weighted by atomic mass is 31.2. The molecule has 17 heteroatoms. The molecule has 0 atom stereocenters. The molecule has 2 aliphatic rings. The maximum atomic E-state index is 14.2. The number of methoxy groups -OCH3 is 1. The number of nitrogens with one attached hydrogen (secondary N) is 2. The average Bonchev–Trinajstić information content (AvgIpc) is 3.36. The fraction of sp³-hybridized carbons (Fsp3) is 0.485. The lowest BCUT2D eigenvalue weighted by atomic mass is 9.74. The molecule has 1 aliphatic carbocycles. The summed E-state index contributed by atoms with van der Waals surface area (Å²) in [5, 5.41) is 35.4. The zero-order valence-corrected chi connectivity index (χ0v) is 29.0.